The third-order valence-corrected chi connectivity index (χ3v) is 6.06. The van der Waals surface area contributed by atoms with Crippen molar-refractivity contribution >= 4 is 22.4 Å². The molecule has 5 heteroatoms. The number of carboxylic acids is 1. The van der Waals surface area contributed by atoms with E-state index in [-0.39, 0.29) is 5.92 Å². The van der Waals surface area contributed by atoms with Crippen molar-refractivity contribution in [3.05, 3.63) is 10.6 Å². The molecule has 3 atom stereocenters. The summed E-state index contributed by atoms with van der Waals surface area (Å²) in [7, 11) is 0. The molecule has 2 aliphatic carbocycles. The smallest absolute Gasteiger partial charge is 0.312 e. The molecular weight excluding hydrogens is 260 g/mol. The zero-order valence-electron chi connectivity index (χ0n) is 10.8. The molecule has 4 nitrogen and oxygen atoms in total. The number of thiazole rings is 1. The van der Waals surface area contributed by atoms with Gasteiger partial charge in [-0.1, -0.05) is 0 Å². The lowest BCUT2D eigenvalue weighted by atomic mass is 9.91. The molecule has 4 rings (SSSR count). The van der Waals surface area contributed by atoms with E-state index in [1.54, 1.807) is 11.3 Å². The summed E-state index contributed by atoms with van der Waals surface area (Å²) in [5.41, 5.74) is 0.863. The Balaban J connectivity index is 1.66. The summed E-state index contributed by atoms with van der Waals surface area (Å²) in [4.78, 5) is 19.7. The fraction of sp³-hybridized carbons (Fsp3) is 0.714. The third kappa shape index (κ3) is 1.78. The van der Waals surface area contributed by atoms with Crippen molar-refractivity contribution in [3.63, 3.8) is 0 Å². The van der Waals surface area contributed by atoms with Gasteiger partial charge in [-0.15, -0.1) is 11.3 Å². The van der Waals surface area contributed by atoms with Gasteiger partial charge < -0.3 is 10.0 Å². The number of nitrogens with zero attached hydrogens (tertiary/aromatic N) is 2. The number of carbonyl (C=O) groups is 1. The van der Waals surface area contributed by atoms with Gasteiger partial charge in [0.2, 0.25) is 0 Å². The van der Waals surface area contributed by atoms with Gasteiger partial charge in [-0.25, -0.2) is 4.98 Å². The van der Waals surface area contributed by atoms with E-state index in [0.29, 0.717) is 6.04 Å². The van der Waals surface area contributed by atoms with E-state index in [1.165, 1.54) is 24.1 Å². The average molecular weight is 278 g/mol. The van der Waals surface area contributed by atoms with Crippen LogP contribution in [0.5, 0.6) is 0 Å². The Morgan fingerprint density at radius 2 is 2.26 bits per heavy atom. The van der Waals surface area contributed by atoms with Crippen LogP contribution in [0.4, 0.5) is 5.13 Å². The molecule has 3 unspecified atom stereocenters. The van der Waals surface area contributed by atoms with Crippen LogP contribution in [0.15, 0.2) is 0 Å². The zero-order chi connectivity index (χ0) is 13.0. The van der Waals surface area contributed by atoms with Crippen molar-refractivity contribution in [3.8, 4) is 0 Å². The second-order valence-corrected chi connectivity index (χ2v) is 7.14. The van der Waals surface area contributed by atoms with Crippen LogP contribution in [-0.4, -0.2) is 28.6 Å². The minimum absolute atomic E-state index is 0.367. The minimum Gasteiger partial charge on any atom is -0.481 e. The molecular formula is C14H18N2O2S. The van der Waals surface area contributed by atoms with Crippen LogP contribution in [-0.2, 0) is 11.2 Å². The van der Waals surface area contributed by atoms with Gasteiger partial charge in [0.05, 0.1) is 5.69 Å². The molecule has 19 heavy (non-hydrogen) atoms. The molecule has 3 aliphatic rings. The molecule has 1 aromatic heterocycles. The topological polar surface area (TPSA) is 53.4 Å². The first-order valence-corrected chi connectivity index (χ1v) is 8.03. The zero-order valence-corrected chi connectivity index (χ0v) is 11.7. The molecule has 0 radical (unpaired) electrons. The standard InChI is InChI=1S/C14H18N2O2S/c17-13(18)10-2-1-3-11-12(10)15-14(19-11)16-7-8-4-5-9(16)6-8/h8-10H,1-7H2,(H,17,18). The van der Waals surface area contributed by atoms with Crippen molar-refractivity contribution in [1.82, 2.24) is 4.98 Å². The third-order valence-electron chi connectivity index (χ3n) is 4.90. The summed E-state index contributed by atoms with van der Waals surface area (Å²) >= 11 is 1.74. The molecule has 102 valence electrons. The van der Waals surface area contributed by atoms with Gasteiger partial charge in [-0.2, -0.15) is 0 Å². The normalized spacial score (nSPS) is 32.6. The molecule has 2 bridgehead atoms. The predicted octanol–water partition coefficient (Wildman–Crippen LogP) is 2.64. The number of fused-ring (bicyclic) bond motifs is 3. The number of rotatable bonds is 2. The highest BCUT2D eigenvalue weighted by Crippen LogP contribution is 2.44. The van der Waals surface area contributed by atoms with E-state index in [1.807, 2.05) is 0 Å². The van der Waals surface area contributed by atoms with Crippen LogP contribution in [0.3, 0.4) is 0 Å². The number of aliphatic carboxylic acids is 1. The summed E-state index contributed by atoms with van der Waals surface area (Å²) in [5, 5.41) is 10.4. The Labute approximate surface area is 116 Å². The highest BCUT2D eigenvalue weighted by Gasteiger charge is 2.40. The van der Waals surface area contributed by atoms with Crippen LogP contribution >= 0.6 is 11.3 Å². The first kappa shape index (κ1) is 11.7. The lowest BCUT2D eigenvalue weighted by molar-refractivity contribution is -0.139. The van der Waals surface area contributed by atoms with Crippen LogP contribution < -0.4 is 4.90 Å². The number of hydrogen-bond donors (Lipinski definition) is 1. The largest absolute Gasteiger partial charge is 0.481 e. The van der Waals surface area contributed by atoms with Crippen LogP contribution in [0.2, 0.25) is 0 Å². The van der Waals surface area contributed by atoms with Gasteiger partial charge in [-0.05, 0) is 44.4 Å². The van der Waals surface area contributed by atoms with E-state index in [0.717, 1.165) is 42.6 Å². The van der Waals surface area contributed by atoms with Crippen molar-refractivity contribution in [2.75, 3.05) is 11.4 Å². The number of hydrogen-bond acceptors (Lipinski definition) is 4. The summed E-state index contributed by atoms with van der Waals surface area (Å²) in [5.74, 6) is -0.226. The fourth-order valence-corrected chi connectivity index (χ4v) is 5.17. The maximum atomic E-state index is 11.3. The van der Waals surface area contributed by atoms with Crippen LogP contribution in [0.25, 0.3) is 0 Å². The Kier molecular flexibility index (Phi) is 2.59. The number of piperidine rings is 1. The molecule has 2 heterocycles. The van der Waals surface area contributed by atoms with E-state index in [9.17, 15) is 9.90 Å². The average Bonchev–Trinajstić information content (AvgIpc) is 3.11. The molecule has 1 aliphatic heterocycles. The highest BCUT2D eigenvalue weighted by atomic mass is 32.1. The van der Waals surface area contributed by atoms with E-state index in [4.69, 9.17) is 4.98 Å². The maximum Gasteiger partial charge on any atom is 0.312 e. The fourth-order valence-electron chi connectivity index (χ4n) is 3.93. The molecule has 1 aromatic rings. The molecule has 0 aromatic carbocycles. The van der Waals surface area contributed by atoms with E-state index >= 15 is 0 Å². The van der Waals surface area contributed by atoms with Gasteiger partial charge >= 0.3 is 5.97 Å². The lowest BCUT2D eigenvalue weighted by Gasteiger charge is -2.26. The molecule has 0 spiro atoms. The summed E-state index contributed by atoms with van der Waals surface area (Å²) in [6.07, 6.45) is 6.71. The van der Waals surface area contributed by atoms with Gasteiger partial charge in [0.1, 0.15) is 5.92 Å². The summed E-state index contributed by atoms with van der Waals surface area (Å²) in [6.45, 7) is 1.13. The Hall–Kier alpha value is -1.10. The quantitative estimate of drug-likeness (QED) is 0.903. The molecule has 2 fully saturated rings. The molecule has 1 saturated carbocycles. The number of aryl methyl sites for hydroxylation is 1. The van der Waals surface area contributed by atoms with Crippen molar-refractivity contribution in [2.45, 2.75) is 50.5 Å². The number of anilines is 1. The first-order chi connectivity index (χ1) is 9.22. The highest BCUT2D eigenvalue weighted by molar-refractivity contribution is 7.15. The Morgan fingerprint density at radius 3 is 2.95 bits per heavy atom. The second-order valence-electron chi connectivity index (χ2n) is 6.07. The molecule has 1 saturated heterocycles. The van der Waals surface area contributed by atoms with E-state index in [2.05, 4.69) is 4.90 Å². The van der Waals surface area contributed by atoms with Gasteiger partial charge in [-0.3, -0.25) is 4.79 Å². The minimum atomic E-state index is -0.708. The molecule has 0 amide bonds. The van der Waals surface area contributed by atoms with Gasteiger partial charge in [0, 0.05) is 17.5 Å². The molecule has 1 N–H and O–H groups in total. The van der Waals surface area contributed by atoms with Crippen LogP contribution in [0, 0.1) is 5.92 Å². The van der Waals surface area contributed by atoms with Crippen molar-refractivity contribution < 1.29 is 9.90 Å². The van der Waals surface area contributed by atoms with Crippen molar-refractivity contribution in [2.24, 2.45) is 5.92 Å². The van der Waals surface area contributed by atoms with E-state index < -0.39 is 5.97 Å². The van der Waals surface area contributed by atoms with Crippen LogP contribution in [0.1, 0.15) is 48.6 Å². The predicted molar refractivity (Wildman–Crippen MR) is 73.9 cm³/mol. The number of aromatic nitrogens is 1. The monoisotopic (exact) mass is 278 g/mol. The Morgan fingerprint density at radius 1 is 1.37 bits per heavy atom. The summed E-state index contributed by atoms with van der Waals surface area (Å²) < 4.78 is 0. The lowest BCUT2D eigenvalue weighted by Crippen LogP contribution is -2.31. The van der Waals surface area contributed by atoms with Gasteiger partial charge in [0.25, 0.3) is 0 Å². The van der Waals surface area contributed by atoms with Crippen molar-refractivity contribution in [1.29, 1.82) is 0 Å². The summed E-state index contributed by atoms with van der Waals surface area (Å²) in [6, 6.07) is 0.667. The van der Waals surface area contributed by atoms with Gasteiger partial charge in [0.15, 0.2) is 5.13 Å². The first-order valence-electron chi connectivity index (χ1n) is 7.21. The number of carboxylic acid groups (broad SMARTS) is 1. The SMILES string of the molecule is O=C(O)C1CCCc2sc(N3CC4CCC3C4)nc21. The maximum absolute atomic E-state index is 11.3. The Bertz CT molecular complexity index is 528. The second kappa shape index (κ2) is 4.20.